The average Bonchev–Trinajstić information content (AvgIpc) is 2.80. The normalized spacial score (nSPS) is 21.0. The number of aldehydes is 1. The number of thioether (sulfide) groups is 1. The van der Waals surface area contributed by atoms with Gasteiger partial charge in [0.15, 0.2) is 0 Å². The smallest absolute Gasteiger partial charge is 0.240 e. The lowest BCUT2D eigenvalue weighted by Gasteiger charge is -2.23. The van der Waals surface area contributed by atoms with Gasteiger partial charge in [0.25, 0.3) is 0 Å². The van der Waals surface area contributed by atoms with Crippen molar-refractivity contribution in [3.8, 4) is 0 Å². The molecule has 0 saturated carbocycles. The van der Waals surface area contributed by atoms with E-state index in [1.165, 1.54) is 11.8 Å². The van der Waals surface area contributed by atoms with Crippen molar-refractivity contribution < 1.29 is 19.5 Å². The summed E-state index contributed by atoms with van der Waals surface area (Å²) in [6.07, 6.45) is 3.80. The van der Waals surface area contributed by atoms with Crippen LogP contribution in [-0.4, -0.2) is 65.0 Å². The Hall–Kier alpha value is -1.41. The van der Waals surface area contributed by atoms with Crippen LogP contribution in [0.3, 0.4) is 0 Å². The molecular formula is C14H23N3O4S. The van der Waals surface area contributed by atoms with Gasteiger partial charge >= 0.3 is 0 Å². The van der Waals surface area contributed by atoms with Gasteiger partial charge in [0.05, 0.1) is 12.6 Å². The average molecular weight is 329 g/mol. The molecule has 8 heteroatoms. The summed E-state index contributed by atoms with van der Waals surface area (Å²) in [6, 6.07) is -0.405. The van der Waals surface area contributed by atoms with Crippen LogP contribution in [0.2, 0.25) is 0 Å². The number of likely N-dealkylation sites (tertiary alicyclic amines) is 1. The first-order chi connectivity index (χ1) is 10.6. The maximum atomic E-state index is 12.0. The molecule has 1 saturated heterocycles. The molecule has 22 heavy (non-hydrogen) atoms. The van der Waals surface area contributed by atoms with Crippen LogP contribution >= 0.6 is 11.8 Å². The topological polar surface area (TPSA) is 99.1 Å². The number of hydrogen-bond donors (Lipinski definition) is 2. The number of rotatable bonds is 11. The lowest BCUT2D eigenvalue weighted by atomic mass is 10.1. The summed E-state index contributed by atoms with van der Waals surface area (Å²) in [6.45, 7) is 3.75. The number of carbonyl (C=O) groups excluding carboxylic acids is 3. The second-order valence-electron chi connectivity index (χ2n) is 5.05. The molecule has 0 aromatic rings. The van der Waals surface area contributed by atoms with Crippen LogP contribution in [-0.2, 0) is 14.4 Å². The molecule has 2 N–H and O–H groups in total. The molecule has 0 aromatic carbocycles. The van der Waals surface area contributed by atoms with Gasteiger partial charge in [-0.3, -0.25) is 9.59 Å². The van der Waals surface area contributed by atoms with Crippen molar-refractivity contribution in [3.63, 3.8) is 0 Å². The van der Waals surface area contributed by atoms with E-state index in [1.54, 1.807) is 4.90 Å². The first-order valence-electron chi connectivity index (χ1n) is 7.35. The third-order valence-electron chi connectivity index (χ3n) is 3.51. The summed E-state index contributed by atoms with van der Waals surface area (Å²) in [4.78, 5) is 36.0. The Morgan fingerprint density at radius 3 is 2.91 bits per heavy atom. The Kier molecular flexibility index (Phi) is 8.76. The summed E-state index contributed by atoms with van der Waals surface area (Å²) in [5.41, 5.74) is 2.27. The van der Waals surface area contributed by atoms with E-state index >= 15 is 0 Å². The zero-order chi connectivity index (χ0) is 16.4. The van der Waals surface area contributed by atoms with Gasteiger partial charge in [-0.25, -0.2) is 5.43 Å². The van der Waals surface area contributed by atoms with Crippen LogP contribution < -0.4 is 5.43 Å². The molecule has 2 amide bonds. The van der Waals surface area contributed by atoms with Gasteiger partial charge in [0, 0.05) is 37.1 Å². The van der Waals surface area contributed by atoms with E-state index in [1.807, 2.05) is 0 Å². The van der Waals surface area contributed by atoms with Crippen LogP contribution in [0.4, 0.5) is 0 Å². The zero-order valence-electron chi connectivity index (χ0n) is 12.6. The Balaban J connectivity index is 2.31. The molecule has 2 atom stereocenters. The maximum absolute atomic E-state index is 12.0. The number of aliphatic hydroxyl groups excluding tert-OH is 1. The van der Waals surface area contributed by atoms with Crippen molar-refractivity contribution in [2.24, 2.45) is 5.10 Å². The highest BCUT2D eigenvalue weighted by molar-refractivity contribution is 8.00. The van der Waals surface area contributed by atoms with Crippen molar-refractivity contribution in [2.75, 3.05) is 18.9 Å². The molecule has 0 spiro atoms. The van der Waals surface area contributed by atoms with Gasteiger partial charge in [-0.2, -0.15) is 16.9 Å². The van der Waals surface area contributed by atoms with Crippen molar-refractivity contribution in [3.05, 3.63) is 0 Å². The summed E-state index contributed by atoms with van der Waals surface area (Å²) >= 11 is 1.46. The number of unbranched alkanes of at least 4 members (excludes halogenated alkanes) is 2. The molecule has 1 aliphatic rings. The summed E-state index contributed by atoms with van der Waals surface area (Å²) in [7, 11) is 0. The monoisotopic (exact) mass is 329 g/mol. The second-order valence-corrected chi connectivity index (χ2v) is 6.40. The van der Waals surface area contributed by atoms with E-state index < -0.39 is 6.04 Å². The number of hydrogen-bond acceptors (Lipinski definition) is 6. The Labute approximate surface area is 134 Å². The van der Waals surface area contributed by atoms with Crippen molar-refractivity contribution in [2.45, 2.75) is 43.4 Å². The van der Waals surface area contributed by atoms with E-state index in [0.717, 1.165) is 19.1 Å². The third-order valence-corrected chi connectivity index (χ3v) is 4.80. The van der Waals surface area contributed by atoms with Gasteiger partial charge < -0.3 is 14.8 Å². The van der Waals surface area contributed by atoms with Crippen molar-refractivity contribution in [1.29, 1.82) is 0 Å². The SMILES string of the molecule is C=NNC(=O)CCCCCN1C(=O)CC(SCCO)C1C=O. The van der Waals surface area contributed by atoms with Gasteiger partial charge in [0.1, 0.15) is 6.29 Å². The van der Waals surface area contributed by atoms with Crippen LogP contribution in [0.25, 0.3) is 0 Å². The summed E-state index contributed by atoms with van der Waals surface area (Å²) < 4.78 is 0. The van der Waals surface area contributed by atoms with E-state index in [0.29, 0.717) is 31.6 Å². The van der Waals surface area contributed by atoms with Gasteiger partial charge in [-0.05, 0) is 12.8 Å². The molecule has 0 radical (unpaired) electrons. The Morgan fingerprint density at radius 2 is 2.27 bits per heavy atom. The molecule has 0 aromatic heterocycles. The molecule has 1 aliphatic heterocycles. The molecule has 124 valence electrons. The summed E-state index contributed by atoms with van der Waals surface area (Å²) in [5.74, 6) is 0.349. The van der Waals surface area contributed by atoms with Gasteiger partial charge in [-0.1, -0.05) is 6.42 Å². The fourth-order valence-corrected chi connectivity index (χ4v) is 3.54. The van der Waals surface area contributed by atoms with Crippen molar-refractivity contribution in [1.82, 2.24) is 10.3 Å². The molecule has 0 bridgehead atoms. The first-order valence-corrected chi connectivity index (χ1v) is 8.40. The minimum atomic E-state index is -0.405. The first kappa shape index (κ1) is 18.6. The predicted molar refractivity (Wildman–Crippen MR) is 85.7 cm³/mol. The van der Waals surface area contributed by atoms with E-state index in [9.17, 15) is 14.4 Å². The number of hydrazone groups is 1. The predicted octanol–water partition coefficient (Wildman–Crippen LogP) is 0.173. The minimum Gasteiger partial charge on any atom is -0.396 e. The molecular weight excluding hydrogens is 306 g/mol. The fourth-order valence-electron chi connectivity index (χ4n) is 2.46. The zero-order valence-corrected chi connectivity index (χ0v) is 13.4. The number of nitrogens with zero attached hydrogens (tertiary/aromatic N) is 2. The number of aliphatic hydroxyl groups is 1. The number of nitrogens with one attached hydrogen (secondary N) is 1. The lowest BCUT2D eigenvalue weighted by molar-refractivity contribution is -0.131. The minimum absolute atomic E-state index is 0.0128. The fraction of sp³-hybridized carbons (Fsp3) is 0.714. The van der Waals surface area contributed by atoms with E-state index in [2.05, 4.69) is 17.2 Å². The Bertz CT molecular complexity index is 406. The standard InChI is InChI=1S/C14H23N3O4S/c1-15-16-13(20)5-3-2-4-6-17-11(10-19)12(9-14(17)21)22-8-7-18/h10-12,18H,1-9H2,(H,16,20). The molecule has 1 fully saturated rings. The number of carbonyl (C=O) groups is 3. The second kappa shape index (κ2) is 10.3. The third kappa shape index (κ3) is 5.76. The number of amides is 2. The van der Waals surface area contributed by atoms with Crippen LogP contribution in [0, 0.1) is 0 Å². The molecule has 1 heterocycles. The highest BCUT2D eigenvalue weighted by atomic mass is 32.2. The highest BCUT2D eigenvalue weighted by Crippen LogP contribution is 2.29. The van der Waals surface area contributed by atoms with Crippen molar-refractivity contribution >= 4 is 36.6 Å². The quantitative estimate of drug-likeness (QED) is 0.244. The highest BCUT2D eigenvalue weighted by Gasteiger charge is 2.39. The largest absolute Gasteiger partial charge is 0.396 e. The van der Waals surface area contributed by atoms with Gasteiger partial charge in [0.2, 0.25) is 11.8 Å². The molecule has 2 unspecified atom stereocenters. The molecule has 1 rings (SSSR count). The van der Waals surface area contributed by atoms with Gasteiger partial charge in [-0.15, -0.1) is 0 Å². The van der Waals surface area contributed by atoms with Crippen LogP contribution in [0.5, 0.6) is 0 Å². The molecule has 0 aliphatic carbocycles. The summed E-state index contributed by atoms with van der Waals surface area (Å²) in [5, 5.41) is 12.1. The lowest BCUT2D eigenvalue weighted by Crippen LogP contribution is -2.38. The molecule has 7 nitrogen and oxygen atoms in total. The maximum Gasteiger partial charge on any atom is 0.240 e. The van der Waals surface area contributed by atoms with E-state index in [4.69, 9.17) is 5.11 Å². The van der Waals surface area contributed by atoms with Crippen LogP contribution in [0.15, 0.2) is 5.10 Å². The van der Waals surface area contributed by atoms with E-state index in [-0.39, 0.29) is 23.7 Å². The van der Waals surface area contributed by atoms with Crippen LogP contribution in [0.1, 0.15) is 32.1 Å². The Morgan fingerprint density at radius 1 is 1.50 bits per heavy atom.